The lowest BCUT2D eigenvalue weighted by Gasteiger charge is -2.09. The molecule has 1 aromatic heterocycles. The van der Waals surface area contributed by atoms with Crippen molar-refractivity contribution >= 4 is 29.9 Å². The smallest absolute Gasteiger partial charge is 0.223 e. The molecule has 0 radical (unpaired) electrons. The number of aromatic nitrogens is 2. The number of hydrogen-bond donors (Lipinski definition) is 2. The fourth-order valence-corrected chi connectivity index (χ4v) is 1.18. The molecule has 0 atom stereocenters. The Hall–Kier alpha value is -0.860. The zero-order valence-corrected chi connectivity index (χ0v) is 12.8. The molecule has 17 heavy (non-hydrogen) atoms. The molecule has 1 rings (SSSR count). The Morgan fingerprint density at radius 3 is 2.71 bits per heavy atom. The molecule has 0 spiro atoms. The van der Waals surface area contributed by atoms with Crippen molar-refractivity contribution in [3.05, 3.63) is 11.7 Å². The van der Waals surface area contributed by atoms with Crippen molar-refractivity contribution in [2.45, 2.75) is 33.2 Å². The summed E-state index contributed by atoms with van der Waals surface area (Å²) in [5.74, 6) is 1.97. The van der Waals surface area contributed by atoms with E-state index in [-0.39, 0.29) is 24.0 Å². The molecule has 0 unspecified atom stereocenters. The van der Waals surface area contributed by atoms with Crippen LogP contribution < -0.4 is 10.6 Å². The van der Waals surface area contributed by atoms with Crippen LogP contribution in [0.15, 0.2) is 9.52 Å². The predicted octanol–water partition coefficient (Wildman–Crippen LogP) is 1.46. The van der Waals surface area contributed by atoms with Gasteiger partial charge < -0.3 is 15.2 Å². The van der Waals surface area contributed by atoms with Crippen molar-refractivity contribution in [2.75, 3.05) is 13.6 Å². The SMILES string of the molecule is CCCCNC(=NC)NCc1noc(C)n1.I. The molecule has 1 aromatic rings. The van der Waals surface area contributed by atoms with E-state index in [1.807, 2.05) is 0 Å². The maximum absolute atomic E-state index is 4.87. The Bertz CT molecular complexity index is 339. The van der Waals surface area contributed by atoms with Gasteiger partial charge in [0, 0.05) is 20.5 Å². The third-order valence-corrected chi connectivity index (χ3v) is 2.03. The van der Waals surface area contributed by atoms with Gasteiger partial charge in [-0.1, -0.05) is 18.5 Å². The minimum absolute atomic E-state index is 0. The van der Waals surface area contributed by atoms with Crippen molar-refractivity contribution in [1.29, 1.82) is 0 Å². The standard InChI is InChI=1S/C10H19N5O.HI/c1-4-5-6-12-10(11-3)13-7-9-14-8(2)16-15-9;/h4-7H2,1-3H3,(H2,11,12,13);1H. The molecule has 0 aliphatic carbocycles. The Morgan fingerprint density at radius 1 is 1.41 bits per heavy atom. The highest BCUT2D eigenvalue weighted by Crippen LogP contribution is 1.93. The quantitative estimate of drug-likeness (QED) is 0.363. The number of nitrogens with zero attached hydrogens (tertiary/aromatic N) is 3. The summed E-state index contributed by atoms with van der Waals surface area (Å²) in [6.07, 6.45) is 2.29. The van der Waals surface area contributed by atoms with E-state index in [1.54, 1.807) is 14.0 Å². The molecule has 0 saturated carbocycles. The van der Waals surface area contributed by atoms with Gasteiger partial charge in [0.05, 0.1) is 6.54 Å². The van der Waals surface area contributed by atoms with Gasteiger partial charge in [-0.3, -0.25) is 4.99 Å². The first-order chi connectivity index (χ1) is 7.76. The number of unbranched alkanes of at least 4 members (excludes halogenated alkanes) is 1. The summed E-state index contributed by atoms with van der Waals surface area (Å²) < 4.78 is 4.87. The van der Waals surface area contributed by atoms with Crippen LogP contribution in [0.25, 0.3) is 0 Å². The van der Waals surface area contributed by atoms with Gasteiger partial charge in [-0.15, -0.1) is 24.0 Å². The predicted molar refractivity (Wildman–Crippen MR) is 77.6 cm³/mol. The van der Waals surface area contributed by atoms with Crippen molar-refractivity contribution in [2.24, 2.45) is 4.99 Å². The third kappa shape index (κ3) is 6.44. The minimum atomic E-state index is 0. The summed E-state index contributed by atoms with van der Waals surface area (Å²) in [5, 5.41) is 10.1. The van der Waals surface area contributed by atoms with Gasteiger partial charge in [0.2, 0.25) is 5.89 Å². The number of nitrogens with one attached hydrogen (secondary N) is 2. The topological polar surface area (TPSA) is 75.3 Å². The Balaban J connectivity index is 0.00000256. The Kier molecular flexibility index (Phi) is 8.73. The molecule has 0 aliphatic rings. The molecule has 6 nitrogen and oxygen atoms in total. The van der Waals surface area contributed by atoms with Crippen LogP contribution in [0, 0.1) is 6.92 Å². The first-order valence-electron chi connectivity index (χ1n) is 5.50. The molecule has 0 fully saturated rings. The van der Waals surface area contributed by atoms with Gasteiger partial charge in [0.15, 0.2) is 11.8 Å². The maximum atomic E-state index is 4.87. The maximum Gasteiger partial charge on any atom is 0.223 e. The monoisotopic (exact) mass is 353 g/mol. The van der Waals surface area contributed by atoms with Crippen molar-refractivity contribution in [3.63, 3.8) is 0 Å². The molecule has 0 amide bonds. The molecular weight excluding hydrogens is 333 g/mol. The average molecular weight is 353 g/mol. The van der Waals surface area contributed by atoms with E-state index in [2.05, 4.69) is 32.7 Å². The summed E-state index contributed by atoms with van der Waals surface area (Å²) in [7, 11) is 1.74. The fourth-order valence-electron chi connectivity index (χ4n) is 1.18. The van der Waals surface area contributed by atoms with Crippen LogP contribution in [-0.2, 0) is 6.54 Å². The first kappa shape index (κ1) is 16.1. The fraction of sp³-hybridized carbons (Fsp3) is 0.700. The second kappa shape index (κ2) is 9.20. The molecule has 1 heterocycles. The second-order valence-electron chi connectivity index (χ2n) is 3.44. The lowest BCUT2D eigenvalue weighted by molar-refractivity contribution is 0.387. The van der Waals surface area contributed by atoms with Crippen LogP contribution in [0.3, 0.4) is 0 Å². The highest BCUT2D eigenvalue weighted by atomic mass is 127. The number of halogens is 1. The molecule has 7 heteroatoms. The average Bonchev–Trinajstić information content (AvgIpc) is 2.69. The van der Waals surface area contributed by atoms with Gasteiger partial charge in [0.1, 0.15) is 0 Å². The summed E-state index contributed by atoms with van der Waals surface area (Å²) in [5.41, 5.74) is 0. The van der Waals surface area contributed by atoms with Crippen LogP contribution in [0.2, 0.25) is 0 Å². The largest absolute Gasteiger partial charge is 0.356 e. The molecule has 0 bridgehead atoms. The number of guanidine groups is 1. The molecule has 0 saturated heterocycles. The molecule has 98 valence electrons. The minimum Gasteiger partial charge on any atom is -0.356 e. The van der Waals surface area contributed by atoms with E-state index in [4.69, 9.17) is 4.52 Å². The van der Waals surface area contributed by atoms with Gasteiger partial charge in [-0.05, 0) is 6.42 Å². The van der Waals surface area contributed by atoms with E-state index < -0.39 is 0 Å². The lowest BCUT2D eigenvalue weighted by atomic mass is 10.3. The van der Waals surface area contributed by atoms with Gasteiger partial charge in [0.25, 0.3) is 0 Å². The molecule has 2 N–H and O–H groups in total. The highest BCUT2D eigenvalue weighted by molar-refractivity contribution is 14.0. The summed E-state index contributed by atoms with van der Waals surface area (Å²) in [6.45, 7) is 5.36. The molecular formula is C10H20IN5O. The van der Waals surface area contributed by atoms with Crippen LogP contribution >= 0.6 is 24.0 Å². The van der Waals surface area contributed by atoms with Crippen LogP contribution in [0.5, 0.6) is 0 Å². The normalized spacial score (nSPS) is 10.9. The van der Waals surface area contributed by atoms with Crippen molar-refractivity contribution in [1.82, 2.24) is 20.8 Å². The van der Waals surface area contributed by atoms with Crippen molar-refractivity contribution in [3.8, 4) is 0 Å². The summed E-state index contributed by atoms with van der Waals surface area (Å²) in [4.78, 5) is 8.18. The number of aliphatic imine (C=N–C) groups is 1. The van der Waals surface area contributed by atoms with E-state index >= 15 is 0 Å². The summed E-state index contributed by atoms with van der Waals surface area (Å²) in [6, 6.07) is 0. The van der Waals surface area contributed by atoms with E-state index in [9.17, 15) is 0 Å². The third-order valence-electron chi connectivity index (χ3n) is 2.03. The van der Waals surface area contributed by atoms with Gasteiger partial charge in [-0.25, -0.2) is 0 Å². The van der Waals surface area contributed by atoms with Gasteiger partial charge in [-0.2, -0.15) is 4.98 Å². The first-order valence-corrected chi connectivity index (χ1v) is 5.50. The van der Waals surface area contributed by atoms with Gasteiger partial charge >= 0.3 is 0 Å². The summed E-state index contributed by atoms with van der Waals surface area (Å²) >= 11 is 0. The number of hydrogen-bond acceptors (Lipinski definition) is 4. The van der Waals surface area contributed by atoms with Crippen molar-refractivity contribution < 1.29 is 4.52 Å². The van der Waals surface area contributed by atoms with Crippen LogP contribution in [0.1, 0.15) is 31.5 Å². The van der Waals surface area contributed by atoms with E-state index in [0.717, 1.165) is 25.3 Å². The molecule has 0 aliphatic heterocycles. The molecule has 0 aromatic carbocycles. The number of rotatable bonds is 5. The van der Waals surface area contributed by atoms with Crippen LogP contribution in [0.4, 0.5) is 0 Å². The lowest BCUT2D eigenvalue weighted by Crippen LogP contribution is -2.37. The highest BCUT2D eigenvalue weighted by Gasteiger charge is 2.02. The van der Waals surface area contributed by atoms with E-state index in [1.165, 1.54) is 0 Å². The number of aryl methyl sites for hydroxylation is 1. The van der Waals surface area contributed by atoms with E-state index in [0.29, 0.717) is 18.3 Å². The second-order valence-corrected chi connectivity index (χ2v) is 3.44. The zero-order chi connectivity index (χ0) is 11.8. The Labute approximate surface area is 119 Å². The zero-order valence-electron chi connectivity index (χ0n) is 10.5. The van der Waals surface area contributed by atoms with Crippen LogP contribution in [-0.4, -0.2) is 29.7 Å². The Morgan fingerprint density at radius 2 is 2.18 bits per heavy atom.